The van der Waals surface area contributed by atoms with Crippen molar-refractivity contribution >= 4 is 0 Å². The Labute approximate surface area is 119 Å². The highest BCUT2D eigenvalue weighted by Crippen LogP contribution is 2.23. The Morgan fingerprint density at radius 3 is 2.75 bits per heavy atom. The molecule has 0 spiro atoms. The van der Waals surface area contributed by atoms with E-state index >= 15 is 0 Å². The molecule has 4 nitrogen and oxygen atoms in total. The fraction of sp³-hybridized carbons (Fsp3) is 0.667. The van der Waals surface area contributed by atoms with Gasteiger partial charge in [0.1, 0.15) is 6.10 Å². The molecule has 0 amide bonds. The molecule has 0 bridgehead atoms. The van der Waals surface area contributed by atoms with Crippen molar-refractivity contribution in [1.29, 1.82) is 0 Å². The molecule has 110 valence electrons. The van der Waals surface area contributed by atoms with Gasteiger partial charge in [-0.15, -0.1) is 0 Å². The highest BCUT2D eigenvalue weighted by Gasteiger charge is 2.31. The van der Waals surface area contributed by atoms with Crippen molar-refractivity contribution in [2.45, 2.75) is 31.4 Å². The Hall–Kier alpha value is -1.20. The molecule has 1 aromatic heterocycles. The molecular formula is C15H22FN3O. The lowest BCUT2D eigenvalue weighted by atomic mass is 10.0. The summed E-state index contributed by atoms with van der Waals surface area (Å²) in [5.74, 6) is -0.0760. The second-order valence-electron chi connectivity index (χ2n) is 5.86. The van der Waals surface area contributed by atoms with Gasteiger partial charge in [0.05, 0.1) is 0 Å². The second kappa shape index (κ2) is 6.06. The van der Waals surface area contributed by atoms with E-state index in [2.05, 4.69) is 21.8 Å². The van der Waals surface area contributed by atoms with Crippen molar-refractivity contribution in [2.75, 3.05) is 33.2 Å². The summed E-state index contributed by atoms with van der Waals surface area (Å²) in [5, 5.41) is 0. The van der Waals surface area contributed by atoms with Crippen LogP contribution in [0.2, 0.25) is 0 Å². The Bertz CT molecular complexity index is 448. The molecule has 2 aliphatic heterocycles. The Morgan fingerprint density at radius 2 is 2.00 bits per heavy atom. The number of rotatable bonds is 3. The van der Waals surface area contributed by atoms with Crippen LogP contribution in [0.4, 0.5) is 4.39 Å². The molecule has 20 heavy (non-hydrogen) atoms. The first kappa shape index (κ1) is 13.8. The molecule has 0 radical (unpaired) electrons. The number of likely N-dealkylation sites (tertiary alicyclic amines) is 2. The molecule has 1 atom stereocenters. The van der Waals surface area contributed by atoms with Gasteiger partial charge < -0.3 is 9.64 Å². The summed E-state index contributed by atoms with van der Waals surface area (Å²) >= 11 is 0. The molecule has 1 unspecified atom stereocenters. The van der Waals surface area contributed by atoms with E-state index in [1.165, 1.54) is 32.0 Å². The molecule has 2 saturated heterocycles. The fourth-order valence-corrected chi connectivity index (χ4v) is 3.17. The van der Waals surface area contributed by atoms with Crippen molar-refractivity contribution in [3.05, 3.63) is 24.1 Å². The SMILES string of the molecule is CN1CCC(N2CCC(Oc3cccc(F)n3)C2)CC1. The van der Waals surface area contributed by atoms with Crippen LogP contribution in [0, 0.1) is 5.95 Å². The van der Waals surface area contributed by atoms with E-state index in [1.807, 2.05) is 0 Å². The number of pyridine rings is 1. The normalized spacial score (nSPS) is 26.0. The number of ether oxygens (including phenoxy) is 1. The number of aromatic nitrogens is 1. The lowest BCUT2D eigenvalue weighted by Crippen LogP contribution is -2.43. The van der Waals surface area contributed by atoms with Crippen LogP contribution in [0.1, 0.15) is 19.3 Å². The van der Waals surface area contributed by atoms with E-state index < -0.39 is 5.95 Å². The molecule has 2 fully saturated rings. The minimum absolute atomic E-state index is 0.143. The molecule has 3 rings (SSSR count). The maximum atomic E-state index is 13.0. The van der Waals surface area contributed by atoms with Crippen LogP contribution in [0.15, 0.2) is 18.2 Å². The molecule has 0 aliphatic carbocycles. The first-order chi connectivity index (χ1) is 9.70. The van der Waals surface area contributed by atoms with E-state index in [0.717, 1.165) is 19.5 Å². The van der Waals surface area contributed by atoms with Crippen molar-refractivity contribution in [3.63, 3.8) is 0 Å². The number of halogens is 1. The zero-order chi connectivity index (χ0) is 13.9. The quantitative estimate of drug-likeness (QED) is 0.789. The molecule has 5 heteroatoms. The fourth-order valence-electron chi connectivity index (χ4n) is 3.17. The first-order valence-electron chi connectivity index (χ1n) is 7.42. The predicted octanol–water partition coefficient (Wildman–Crippen LogP) is 1.77. The Balaban J connectivity index is 1.52. The Morgan fingerprint density at radius 1 is 1.20 bits per heavy atom. The van der Waals surface area contributed by atoms with Crippen molar-refractivity contribution in [3.8, 4) is 5.88 Å². The molecule has 1 aromatic rings. The summed E-state index contributed by atoms with van der Waals surface area (Å²) < 4.78 is 18.8. The van der Waals surface area contributed by atoms with Gasteiger partial charge in [-0.25, -0.2) is 0 Å². The van der Waals surface area contributed by atoms with Crippen LogP contribution in [-0.4, -0.2) is 60.2 Å². The van der Waals surface area contributed by atoms with Crippen molar-refractivity contribution in [2.24, 2.45) is 0 Å². The van der Waals surface area contributed by atoms with Gasteiger partial charge in [-0.3, -0.25) is 4.90 Å². The van der Waals surface area contributed by atoms with Crippen molar-refractivity contribution < 1.29 is 9.13 Å². The summed E-state index contributed by atoms with van der Waals surface area (Å²) in [6.45, 7) is 4.37. The van der Waals surface area contributed by atoms with Crippen LogP contribution in [0.5, 0.6) is 5.88 Å². The molecule has 0 aromatic carbocycles. The second-order valence-corrected chi connectivity index (χ2v) is 5.86. The third kappa shape index (κ3) is 3.27. The maximum Gasteiger partial charge on any atom is 0.216 e. The zero-order valence-corrected chi connectivity index (χ0v) is 12.0. The number of hydrogen-bond donors (Lipinski definition) is 0. The van der Waals surface area contributed by atoms with Gasteiger partial charge in [-0.05, 0) is 45.5 Å². The van der Waals surface area contributed by atoms with E-state index in [1.54, 1.807) is 12.1 Å². The number of nitrogens with zero attached hydrogens (tertiary/aromatic N) is 3. The van der Waals surface area contributed by atoms with E-state index in [-0.39, 0.29) is 6.10 Å². The lowest BCUT2D eigenvalue weighted by molar-refractivity contribution is 0.124. The van der Waals surface area contributed by atoms with Gasteiger partial charge in [0.25, 0.3) is 0 Å². The molecule has 3 heterocycles. The van der Waals surface area contributed by atoms with Gasteiger partial charge in [-0.2, -0.15) is 9.37 Å². The third-order valence-electron chi connectivity index (χ3n) is 4.36. The Kier molecular flexibility index (Phi) is 4.17. The lowest BCUT2D eigenvalue weighted by Gasteiger charge is -2.34. The monoisotopic (exact) mass is 279 g/mol. The van der Waals surface area contributed by atoms with Crippen LogP contribution in [-0.2, 0) is 0 Å². The summed E-state index contributed by atoms with van der Waals surface area (Å²) in [6.07, 6.45) is 3.62. The third-order valence-corrected chi connectivity index (χ3v) is 4.36. The summed E-state index contributed by atoms with van der Waals surface area (Å²) in [5.41, 5.74) is 0. The molecule has 0 saturated carbocycles. The van der Waals surface area contributed by atoms with E-state index in [9.17, 15) is 4.39 Å². The summed E-state index contributed by atoms with van der Waals surface area (Å²) in [7, 11) is 2.18. The van der Waals surface area contributed by atoms with Crippen molar-refractivity contribution in [1.82, 2.24) is 14.8 Å². The minimum Gasteiger partial charge on any atom is -0.473 e. The smallest absolute Gasteiger partial charge is 0.216 e. The average molecular weight is 279 g/mol. The predicted molar refractivity (Wildman–Crippen MR) is 75.3 cm³/mol. The topological polar surface area (TPSA) is 28.6 Å². The first-order valence-corrected chi connectivity index (χ1v) is 7.42. The van der Waals surface area contributed by atoms with Gasteiger partial charge in [0.15, 0.2) is 0 Å². The largest absolute Gasteiger partial charge is 0.473 e. The highest BCUT2D eigenvalue weighted by molar-refractivity contribution is 5.11. The number of hydrogen-bond acceptors (Lipinski definition) is 4. The van der Waals surface area contributed by atoms with Crippen LogP contribution >= 0.6 is 0 Å². The van der Waals surface area contributed by atoms with Gasteiger partial charge in [0.2, 0.25) is 11.8 Å². The van der Waals surface area contributed by atoms with Crippen LogP contribution in [0.3, 0.4) is 0 Å². The van der Waals surface area contributed by atoms with E-state index in [0.29, 0.717) is 11.9 Å². The standard InChI is InChI=1S/C15H22FN3O/c1-18-8-5-12(6-9-18)19-10-7-13(11-19)20-15-4-2-3-14(16)17-15/h2-4,12-13H,5-11H2,1H3. The van der Waals surface area contributed by atoms with Gasteiger partial charge in [0, 0.05) is 25.2 Å². The summed E-state index contributed by atoms with van der Waals surface area (Å²) in [4.78, 5) is 8.68. The van der Waals surface area contributed by atoms with Gasteiger partial charge in [-0.1, -0.05) is 6.07 Å². The average Bonchev–Trinajstić information content (AvgIpc) is 2.88. The van der Waals surface area contributed by atoms with E-state index in [4.69, 9.17) is 4.74 Å². The van der Waals surface area contributed by atoms with Crippen LogP contribution < -0.4 is 4.74 Å². The minimum atomic E-state index is -0.479. The van der Waals surface area contributed by atoms with Crippen LogP contribution in [0.25, 0.3) is 0 Å². The molecule has 2 aliphatic rings. The van der Waals surface area contributed by atoms with Gasteiger partial charge >= 0.3 is 0 Å². The molecule has 0 N–H and O–H groups in total. The maximum absolute atomic E-state index is 13.0. The summed E-state index contributed by atoms with van der Waals surface area (Å²) in [6, 6.07) is 5.38. The molecular weight excluding hydrogens is 257 g/mol. The zero-order valence-electron chi connectivity index (χ0n) is 12.0. The highest BCUT2D eigenvalue weighted by atomic mass is 19.1. The number of piperidine rings is 1.